The molecule has 0 radical (unpaired) electrons. The molecule has 0 aromatic rings. The van der Waals surface area contributed by atoms with Crippen LogP contribution in [0.25, 0.3) is 0 Å². The van der Waals surface area contributed by atoms with E-state index in [-0.39, 0.29) is 17.0 Å². The summed E-state index contributed by atoms with van der Waals surface area (Å²) in [6, 6.07) is 2.47. The Bertz CT molecular complexity index is 524. The van der Waals surface area contributed by atoms with Crippen molar-refractivity contribution in [2.75, 3.05) is 33.2 Å². The number of carbonyl (C=O) groups is 1. The highest BCUT2D eigenvalue weighted by molar-refractivity contribution is 5.87. The fourth-order valence-corrected chi connectivity index (χ4v) is 4.82. The van der Waals surface area contributed by atoms with Gasteiger partial charge in [-0.15, -0.1) is 0 Å². The van der Waals surface area contributed by atoms with E-state index in [1.807, 2.05) is 0 Å². The molecule has 2 aliphatic rings. The highest BCUT2D eigenvalue weighted by Crippen LogP contribution is 2.46. The van der Waals surface area contributed by atoms with E-state index in [0.29, 0.717) is 12.8 Å². The monoisotopic (exact) mass is 333 g/mol. The highest BCUT2D eigenvalue weighted by Gasteiger charge is 2.56. The number of nitrogens with one attached hydrogen (secondary N) is 1. The van der Waals surface area contributed by atoms with E-state index >= 15 is 0 Å². The van der Waals surface area contributed by atoms with Crippen molar-refractivity contribution in [3.05, 3.63) is 12.7 Å². The molecule has 0 saturated carbocycles. The molecule has 1 N–H and O–H groups in total. The molecule has 0 aromatic carbocycles. The van der Waals surface area contributed by atoms with Gasteiger partial charge in [-0.05, 0) is 33.8 Å². The minimum absolute atomic E-state index is 0.196. The van der Waals surface area contributed by atoms with Crippen molar-refractivity contribution in [1.29, 1.82) is 5.26 Å². The van der Waals surface area contributed by atoms with Crippen LogP contribution in [0, 0.1) is 11.3 Å². The van der Waals surface area contributed by atoms with Crippen LogP contribution >= 0.6 is 0 Å². The Kier molecular flexibility index (Phi) is 5.10. The Morgan fingerprint density at radius 2 is 1.71 bits per heavy atom. The molecule has 1 amide bonds. The van der Waals surface area contributed by atoms with Crippen molar-refractivity contribution < 1.29 is 4.79 Å². The number of carbonyl (C=O) groups excluding carboxylic acids is 1. The summed E-state index contributed by atoms with van der Waals surface area (Å²) < 4.78 is 0. The molecule has 2 aliphatic heterocycles. The van der Waals surface area contributed by atoms with Crippen LogP contribution in [0.15, 0.2) is 12.7 Å². The van der Waals surface area contributed by atoms with Gasteiger partial charge in [0.15, 0.2) is 0 Å². The maximum atomic E-state index is 12.2. The minimum atomic E-state index is -0.817. The fourth-order valence-electron chi connectivity index (χ4n) is 4.82. The molecule has 0 aromatic heterocycles. The lowest BCUT2D eigenvalue weighted by Crippen LogP contribution is -2.74. The lowest BCUT2D eigenvalue weighted by molar-refractivity contribution is -0.208. The smallest absolute Gasteiger partial charge is 0.246 e. The predicted molar refractivity (Wildman–Crippen MR) is 95.0 cm³/mol. The van der Waals surface area contributed by atoms with Gasteiger partial charge in [-0.25, -0.2) is 10.0 Å². The number of rotatable bonds is 3. The summed E-state index contributed by atoms with van der Waals surface area (Å²) in [6.07, 6.45) is 2.52. The van der Waals surface area contributed by atoms with Crippen LogP contribution in [0.4, 0.5) is 0 Å². The van der Waals surface area contributed by atoms with Gasteiger partial charge in [0.2, 0.25) is 5.91 Å². The van der Waals surface area contributed by atoms with Gasteiger partial charge < -0.3 is 10.2 Å². The quantitative estimate of drug-likeness (QED) is 0.790. The summed E-state index contributed by atoms with van der Waals surface area (Å²) in [7, 11) is 1.72. The molecule has 0 spiro atoms. The number of hydrogen-bond donors (Lipinski definition) is 1. The van der Waals surface area contributed by atoms with Gasteiger partial charge in [-0.1, -0.05) is 6.58 Å². The van der Waals surface area contributed by atoms with Crippen molar-refractivity contribution in [2.24, 2.45) is 0 Å². The van der Waals surface area contributed by atoms with E-state index in [1.165, 1.54) is 6.08 Å². The Morgan fingerprint density at radius 3 is 2.12 bits per heavy atom. The lowest BCUT2D eigenvalue weighted by Gasteiger charge is -2.62. The first-order valence-electron chi connectivity index (χ1n) is 8.67. The second kappa shape index (κ2) is 6.47. The fraction of sp³-hybridized carbons (Fsp3) is 0.778. The molecule has 6 heteroatoms. The van der Waals surface area contributed by atoms with Crippen molar-refractivity contribution in [3.63, 3.8) is 0 Å². The number of hydrazine groups is 1. The van der Waals surface area contributed by atoms with Crippen LogP contribution in [-0.4, -0.2) is 70.7 Å². The molecule has 134 valence electrons. The Labute approximate surface area is 146 Å². The summed E-state index contributed by atoms with van der Waals surface area (Å²) in [5.41, 5.74) is -1.28. The van der Waals surface area contributed by atoms with E-state index in [0.717, 1.165) is 26.2 Å². The van der Waals surface area contributed by atoms with Gasteiger partial charge in [-0.3, -0.25) is 4.79 Å². The maximum absolute atomic E-state index is 12.2. The van der Waals surface area contributed by atoms with Crippen LogP contribution in [0.2, 0.25) is 0 Å². The number of likely N-dealkylation sites (N-methyl/N-ethyl adjacent to an activating group) is 1. The van der Waals surface area contributed by atoms with Crippen LogP contribution < -0.4 is 5.32 Å². The maximum Gasteiger partial charge on any atom is 0.246 e. The number of hydrogen-bond acceptors (Lipinski definition) is 5. The SMILES string of the molecule is C=CC(=O)N(C)C1(C#N)CC(C)(C)N(N2CCNCC2)C(C)(C)C1. The summed E-state index contributed by atoms with van der Waals surface area (Å²) in [5, 5.41) is 18.2. The zero-order chi connectivity index (χ0) is 18.2. The van der Waals surface area contributed by atoms with Crippen molar-refractivity contribution in [2.45, 2.75) is 57.2 Å². The molecule has 24 heavy (non-hydrogen) atoms. The highest BCUT2D eigenvalue weighted by atomic mass is 16.2. The molecule has 2 rings (SSSR count). The van der Waals surface area contributed by atoms with E-state index in [9.17, 15) is 10.1 Å². The van der Waals surface area contributed by atoms with Gasteiger partial charge in [-0.2, -0.15) is 5.26 Å². The zero-order valence-corrected chi connectivity index (χ0v) is 15.7. The summed E-state index contributed by atoms with van der Waals surface area (Å²) >= 11 is 0. The van der Waals surface area contributed by atoms with Gasteiger partial charge in [0.1, 0.15) is 5.54 Å². The summed E-state index contributed by atoms with van der Waals surface area (Å²) in [6.45, 7) is 16.2. The molecule has 0 aliphatic carbocycles. The normalized spacial score (nSPS) is 26.3. The zero-order valence-electron chi connectivity index (χ0n) is 15.7. The second-order valence-electron chi connectivity index (χ2n) is 8.24. The van der Waals surface area contributed by atoms with E-state index in [4.69, 9.17) is 0 Å². The average molecular weight is 333 g/mol. The second-order valence-corrected chi connectivity index (χ2v) is 8.24. The third kappa shape index (κ3) is 3.21. The van der Waals surface area contributed by atoms with E-state index in [1.54, 1.807) is 11.9 Å². The van der Waals surface area contributed by atoms with Gasteiger partial charge >= 0.3 is 0 Å². The Balaban J connectivity index is 2.39. The molecule has 0 atom stereocenters. The summed E-state index contributed by atoms with van der Waals surface area (Å²) in [4.78, 5) is 13.8. The number of nitrogens with zero attached hydrogens (tertiary/aromatic N) is 4. The van der Waals surface area contributed by atoms with Gasteiger partial charge in [0.25, 0.3) is 0 Å². The predicted octanol–water partition coefficient (Wildman–Crippen LogP) is 1.37. The van der Waals surface area contributed by atoms with Crippen molar-refractivity contribution in [1.82, 2.24) is 20.2 Å². The van der Waals surface area contributed by atoms with E-state index in [2.05, 4.69) is 55.7 Å². The first kappa shape index (κ1) is 18.9. The summed E-state index contributed by atoms with van der Waals surface area (Å²) in [5.74, 6) is -0.196. The minimum Gasteiger partial charge on any atom is -0.323 e. The molecular weight excluding hydrogens is 302 g/mol. The topological polar surface area (TPSA) is 62.6 Å². The molecule has 0 unspecified atom stereocenters. The van der Waals surface area contributed by atoms with E-state index < -0.39 is 5.54 Å². The average Bonchev–Trinajstić information content (AvgIpc) is 2.51. The Morgan fingerprint density at radius 1 is 1.21 bits per heavy atom. The number of piperazine rings is 1. The lowest BCUT2D eigenvalue weighted by atomic mass is 9.69. The van der Waals surface area contributed by atoms with Crippen LogP contribution in [0.1, 0.15) is 40.5 Å². The molecule has 6 nitrogen and oxygen atoms in total. The molecule has 2 fully saturated rings. The third-order valence-electron chi connectivity index (χ3n) is 5.33. The van der Waals surface area contributed by atoms with Crippen LogP contribution in [-0.2, 0) is 4.79 Å². The third-order valence-corrected chi connectivity index (χ3v) is 5.33. The number of nitriles is 1. The molecular formula is C18H31N5O. The van der Waals surface area contributed by atoms with Crippen molar-refractivity contribution in [3.8, 4) is 6.07 Å². The standard InChI is InChI=1S/C18H31N5O/c1-7-15(24)21(6)18(14-19)12-16(2,3)23(17(4,5)13-18)22-10-8-20-9-11-22/h7,20H,1,8-13H2,2-6H3. The Hall–Kier alpha value is -1.42. The molecule has 2 heterocycles. The van der Waals surface area contributed by atoms with Gasteiger partial charge in [0, 0.05) is 57.1 Å². The molecule has 0 bridgehead atoms. The van der Waals surface area contributed by atoms with Crippen LogP contribution in [0.5, 0.6) is 0 Å². The first-order chi connectivity index (χ1) is 11.1. The van der Waals surface area contributed by atoms with Gasteiger partial charge in [0.05, 0.1) is 6.07 Å². The first-order valence-corrected chi connectivity index (χ1v) is 8.67. The molecule has 2 saturated heterocycles. The van der Waals surface area contributed by atoms with Crippen LogP contribution in [0.3, 0.4) is 0 Å². The largest absolute Gasteiger partial charge is 0.323 e. The van der Waals surface area contributed by atoms with Crippen molar-refractivity contribution >= 4 is 5.91 Å². The number of piperidine rings is 1. The number of amides is 1.